The van der Waals surface area contributed by atoms with Crippen molar-refractivity contribution in [3.8, 4) is 0 Å². The molecule has 58 heavy (non-hydrogen) atoms. The zero-order chi connectivity index (χ0) is 42.9. The third-order valence-electron chi connectivity index (χ3n) is 11.3. The number of likely N-dealkylation sites (N-methyl/N-ethyl adjacent to an activating group) is 1. The fourth-order valence-corrected chi connectivity index (χ4v) is 8.46. The number of nitrogens with one attached hydrogen (secondary N) is 3. The van der Waals surface area contributed by atoms with Crippen molar-refractivity contribution >= 4 is 40.9 Å². The number of nitrogens with zero attached hydrogens (tertiary/aromatic N) is 3. The Balaban J connectivity index is 1.93. The number of likely N-dealkylation sites (tertiary alicyclic amines) is 1. The van der Waals surface area contributed by atoms with Gasteiger partial charge in [0, 0.05) is 43.3 Å². The number of carbonyl (C=O) groups excluding carboxylic acids is 5. The lowest BCUT2D eigenvalue weighted by Crippen LogP contribution is -2.59. The number of aromatic nitrogens is 1. The van der Waals surface area contributed by atoms with Gasteiger partial charge >= 0.3 is 5.97 Å². The minimum absolute atomic E-state index is 0.0615. The lowest BCUT2D eigenvalue weighted by atomic mass is 9.91. The van der Waals surface area contributed by atoms with Gasteiger partial charge in [-0.05, 0) is 75.2 Å². The third kappa shape index (κ3) is 14.7. The Morgan fingerprint density at radius 3 is 2.33 bits per heavy atom. The lowest BCUT2D eigenvalue weighted by Gasteiger charge is -2.40. The topological polar surface area (TPSA) is 176 Å². The number of unbranched alkanes of at least 4 members (excludes halogenated alkanes) is 3. The van der Waals surface area contributed by atoms with Crippen molar-refractivity contribution in [2.45, 2.75) is 149 Å². The molecule has 1 aromatic heterocycles. The van der Waals surface area contributed by atoms with Gasteiger partial charge in [0.25, 0.3) is 5.91 Å². The summed E-state index contributed by atoms with van der Waals surface area (Å²) in [5, 5.41) is 8.16. The van der Waals surface area contributed by atoms with Crippen molar-refractivity contribution in [2.24, 2.45) is 23.6 Å². The summed E-state index contributed by atoms with van der Waals surface area (Å²) in [6.07, 6.45) is 7.17. The van der Waals surface area contributed by atoms with Crippen molar-refractivity contribution in [3.05, 3.63) is 51.7 Å². The van der Waals surface area contributed by atoms with Gasteiger partial charge in [0.05, 0.1) is 6.04 Å². The molecule has 1 fully saturated rings. The van der Waals surface area contributed by atoms with Gasteiger partial charge in [0.1, 0.15) is 22.6 Å². The van der Waals surface area contributed by atoms with Gasteiger partial charge in [-0.2, -0.15) is 0 Å². The van der Waals surface area contributed by atoms with Crippen molar-refractivity contribution < 1.29 is 33.1 Å². The Morgan fingerprint density at radius 2 is 1.72 bits per heavy atom. The van der Waals surface area contributed by atoms with Crippen LogP contribution in [0.4, 0.5) is 4.39 Å². The molecule has 0 bridgehead atoms. The number of carbonyl (C=O) groups is 5. The van der Waals surface area contributed by atoms with E-state index in [2.05, 4.69) is 32.9 Å². The van der Waals surface area contributed by atoms with Crippen LogP contribution in [0.25, 0.3) is 0 Å². The van der Waals surface area contributed by atoms with Crippen LogP contribution in [0, 0.1) is 23.6 Å². The molecule has 0 unspecified atom stereocenters. The maximum absolute atomic E-state index is 14.8. The van der Waals surface area contributed by atoms with Gasteiger partial charge in [-0.15, -0.1) is 11.3 Å². The van der Waals surface area contributed by atoms with Gasteiger partial charge < -0.3 is 20.3 Å². The van der Waals surface area contributed by atoms with Crippen molar-refractivity contribution in [1.82, 2.24) is 30.8 Å². The monoisotopic (exact) mass is 829 g/mol. The molecular formula is C43H68FN7O6S. The summed E-state index contributed by atoms with van der Waals surface area (Å²) in [7, 11) is 1.96. The average molecular weight is 830 g/mol. The highest BCUT2D eigenvalue weighted by molar-refractivity contribution is 7.09. The summed E-state index contributed by atoms with van der Waals surface area (Å²) in [4.78, 5) is 75.8. The molecule has 1 aliphatic rings. The van der Waals surface area contributed by atoms with E-state index in [-0.39, 0.29) is 60.0 Å². The fraction of sp³-hybridized carbons (Fsp3) is 0.674. The molecule has 1 aliphatic heterocycles. The van der Waals surface area contributed by atoms with Crippen LogP contribution in [0.15, 0.2) is 29.6 Å². The SMILES string of the molecule is CCCCCCN(C(=O)[C@@H](NC(=O)[C@H]1CCCCN1C)[C@H](C)CC)[C@H](C[C@@H](OC(C)=O)c1nc(C(=O)N[C@@H](Cc2ccc(F)cc2)C[C@H](C)C(=O)NN)cs1)C(C)C. The zero-order valence-electron chi connectivity index (χ0n) is 35.9. The predicted molar refractivity (Wildman–Crippen MR) is 225 cm³/mol. The molecule has 4 amide bonds. The first-order valence-electron chi connectivity index (χ1n) is 21.1. The highest BCUT2D eigenvalue weighted by Crippen LogP contribution is 2.32. The molecular weight excluding hydrogens is 762 g/mol. The maximum Gasteiger partial charge on any atom is 0.303 e. The van der Waals surface area contributed by atoms with Crippen LogP contribution in [0.3, 0.4) is 0 Å². The van der Waals surface area contributed by atoms with Gasteiger partial charge in [-0.3, -0.25) is 34.3 Å². The molecule has 0 aliphatic carbocycles. The summed E-state index contributed by atoms with van der Waals surface area (Å²) in [6.45, 7) is 14.5. The molecule has 1 saturated heterocycles. The molecule has 0 radical (unpaired) electrons. The highest BCUT2D eigenvalue weighted by Gasteiger charge is 2.38. The molecule has 2 aromatic rings. The summed E-state index contributed by atoms with van der Waals surface area (Å²) < 4.78 is 19.6. The lowest BCUT2D eigenvalue weighted by molar-refractivity contribution is -0.149. The number of amides is 4. The molecule has 15 heteroatoms. The van der Waals surface area contributed by atoms with Crippen LogP contribution in [0.1, 0.15) is 140 Å². The van der Waals surface area contributed by atoms with E-state index in [4.69, 9.17) is 10.6 Å². The third-order valence-corrected chi connectivity index (χ3v) is 12.2. The average Bonchev–Trinajstić information content (AvgIpc) is 3.69. The first kappa shape index (κ1) is 48.4. The first-order valence-corrected chi connectivity index (χ1v) is 22.0. The molecule has 7 atom stereocenters. The normalized spacial score (nSPS) is 17.7. The smallest absolute Gasteiger partial charge is 0.303 e. The quantitative estimate of drug-likeness (QED) is 0.0340. The minimum atomic E-state index is -0.863. The fourth-order valence-electron chi connectivity index (χ4n) is 7.62. The van der Waals surface area contributed by atoms with Gasteiger partial charge in [-0.25, -0.2) is 15.2 Å². The second kappa shape index (κ2) is 24.2. The number of rotatable bonds is 23. The Bertz CT molecular complexity index is 1620. The van der Waals surface area contributed by atoms with Gasteiger partial charge in [-0.1, -0.05) is 85.8 Å². The summed E-state index contributed by atoms with van der Waals surface area (Å²) in [5.41, 5.74) is 3.03. The molecule has 3 rings (SSSR count). The number of piperidine rings is 1. The van der Waals surface area contributed by atoms with Crippen molar-refractivity contribution in [1.29, 1.82) is 0 Å². The molecule has 0 saturated carbocycles. The number of hydrogen-bond acceptors (Lipinski definition) is 10. The number of esters is 1. The second-order valence-electron chi connectivity index (χ2n) is 16.3. The molecule has 0 spiro atoms. The van der Waals surface area contributed by atoms with Crippen LogP contribution >= 0.6 is 11.3 Å². The number of hydrazine groups is 1. The number of halogens is 1. The van der Waals surface area contributed by atoms with Crippen LogP contribution in [0.5, 0.6) is 0 Å². The summed E-state index contributed by atoms with van der Waals surface area (Å²) in [5.74, 6) is 2.60. The highest BCUT2D eigenvalue weighted by atomic mass is 32.1. The van der Waals surface area contributed by atoms with E-state index in [1.54, 1.807) is 24.4 Å². The second-order valence-corrected chi connectivity index (χ2v) is 17.2. The Hall–Kier alpha value is -3.95. The van der Waals surface area contributed by atoms with Crippen molar-refractivity contribution in [2.75, 3.05) is 20.1 Å². The molecule has 13 nitrogen and oxygen atoms in total. The Labute approximate surface area is 348 Å². The van der Waals surface area contributed by atoms with E-state index >= 15 is 0 Å². The van der Waals surface area contributed by atoms with Gasteiger partial charge in [0.15, 0.2) is 6.10 Å². The van der Waals surface area contributed by atoms with E-state index in [9.17, 15) is 28.4 Å². The first-order chi connectivity index (χ1) is 27.6. The van der Waals surface area contributed by atoms with E-state index in [0.29, 0.717) is 24.4 Å². The van der Waals surface area contributed by atoms with E-state index < -0.39 is 42.0 Å². The van der Waals surface area contributed by atoms with Crippen LogP contribution < -0.4 is 21.9 Å². The Kier molecular flexibility index (Phi) is 20.2. The maximum atomic E-state index is 14.8. The Morgan fingerprint density at radius 1 is 1.02 bits per heavy atom. The summed E-state index contributed by atoms with van der Waals surface area (Å²) in [6, 6.07) is 4.01. The zero-order valence-corrected chi connectivity index (χ0v) is 36.7. The number of thiazole rings is 1. The minimum Gasteiger partial charge on any atom is -0.455 e. The van der Waals surface area contributed by atoms with E-state index in [0.717, 1.165) is 57.1 Å². The van der Waals surface area contributed by atoms with Crippen LogP contribution in [0.2, 0.25) is 0 Å². The predicted octanol–water partition coefficient (Wildman–Crippen LogP) is 6.08. The molecule has 2 heterocycles. The standard InChI is InChI=1S/C43H68FN7O6S/c1-9-11-12-14-22-51(43(56)38(28(5)10-2)48-41(55)35-16-13-15-21-50(35)8)36(27(3)4)25-37(57-30(7)52)42-47-34(26-58-42)40(54)46-33(23-29(6)39(53)49-45)24-31-17-19-32(44)20-18-31/h17-20,26-29,33,35-38H,9-16,21-25,45H2,1-8H3,(H,46,54)(H,48,55)(H,49,53)/t28-,29+,33-,35-,36-,37-,38+/m1/s1. The van der Waals surface area contributed by atoms with E-state index in [1.807, 2.05) is 39.6 Å². The van der Waals surface area contributed by atoms with Crippen LogP contribution in [-0.2, 0) is 30.3 Å². The summed E-state index contributed by atoms with van der Waals surface area (Å²) >= 11 is 1.18. The number of benzene rings is 1. The number of ether oxygens (including phenoxy) is 1. The van der Waals surface area contributed by atoms with Crippen molar-refractivity contribution in [3.63, 3.8) is 0 Å². The molecule has 324 valence electrons. The van der Waals surface area contributed by atoms with E-state index in [1.165, 1.54) is 30.4 Å². The molecule has 5 N–H and O–H groups in total. The number of hydrogen-bond donors (Lipinski definition) is 4. The van der Waals surface area contributed by atoms with Crippen LogP contribution in [-0.4, -0.2) is 88.7 Å². The largest absolute Gasteiger partial charge is 0.455 e. The van der Waals surface area contributed by atoms with Gasteiger partial charge in [0.2, 0.25) is 17.7 Å². The molecule has 1 aromatic carbocycles. The number of nitrogens with two attached hydrogens (primary N) is 1.